The molecule has 5 rings (SSSR count). The largest absolute Gasteiger partial charge is 0.433 e. The van der Waals surface area contributed by atoms with Crippen LogP contribution in [0.15, 0.2) is 18.5 Å². The van der Waals surface area contributed by atoms with E-state index in [1.54, 1.807) is 13.8 Å². The number of aromatic nitrogens is 7. The van der Waals surface area contributed by atoms with E-state index in [1.165, 1.54) is 21.6 Å². The molecule has 14 heteroatoms. The van der Waals surface area contributed by atoms with E-state index >= 15 is 0 Å². The lowest BCUT2D eigenvalue weighted by Crippen LogP contribution is -2.11. The first-order chi connectivity index (χ1) is 15.5. The maximum absolute atomic E-state index is 13.2. The Balaban J connectivity index is 1.58. The summed E-state index contributed by atoms with van der Waals surface area (Å²) in [6.45, 7) is 5.49. The van der Waals surface area contributed by atoms with E-state index in [0.717, 1.165) is 17.4 Å². The molecule has 0 aliphatic rings. The molecule has 10 nitrogen and oxygen atoms in total. The van der Waals surface area contributed by atoms with E-state index in [4.69, 9.17) is 0 Å². The van der Waals surface area contributed by atoms with Crippen molar-refractivity contribution < 1.29 is 18.1 Å². The quantitative estimate of drug-likeness (QED) is 0.278. The van der Waals surface area contributed by atoms with Crippen molar-refractivity contribution in [2.24, 2.45) is 0 Å². The zero-order valence-corrected chi connectivity index (χ0v) is 18.3. The van der Waals surface area contributed by atoms with Crippen LogP contribution in [0.1, 0.15) is 35.6 Å². The van der Waals surface area contributed by atoms with Gasteiger partial charge in [-0.05, 0) is 30.4 Å². The SMILES string of the molecule is Cc1cc(C(F)(F)F)nc2sc3c(ncn4nc(C(C)Cn5nc([N+](=O)[O-])cc5C)nc34)c12. The van der Waals surface area contributed by atoms with Crippen molar-refractivity contribution in [3.8, 4) is 0 Å². The van der Waals surface area contributed by atoms with Gasteiger partial charge < -0.3 is 10.1 Å². The van der Waals surface area contributed by atoms with Crippen LogP contribution < -0.4 is 0 Å². The number of halogens is 3. The zero-order chi connectivity index (χ0) is 23.7. The number of fused-ring (bicyclic) bond motifs is 5. The monoisotopic (exact) mass is 476 g/mol. The van der Waals surface area contributed by atoms with Crippen LogP contribution in [0.2, 0.25) is 0 Å². The molecule has 0 spiro atoms. The average molecular weight is 476 g/mol. The molecule has 5 heterocycles. The molecule has 5 aromatic rings. The number of pyridine rings is 1. The molecule has 0 saturated heterocycles. The third-order valence-electron chi connectivity index (χ3n) is 5.31. The van der Waals surface area contributed by atoms with Gasteiger partial charge >= 0.3 is 12.0 Å². The van der Waals surface area contributed by atoms with Crippen LogP contribution in [0.3, 0.4) is 0 Å². The van der Waals surface area contributed by atoms with E-state index in [9.17, 15) is 23.3 Å². The van der Waals surface area contributed by atoms with Gasteiger partial charge in [-0.25, -0.2) is 19.5 Å². The Morgan fingerprint density at radius 1 is 1.21 bits per heavy atom. The molecule has 1 atom stereocenters. The maximum atomic E-state index is 13.2. The van der Waals surface area contributed by atoms with Crippen molar-refractivity contribution in [2.45, 2.75) is 39.4 Å². The third kappa shape index (κ3) is 3.46. The molecule has 1 unspecified atom stereocenters. The van der Waals surface area contributed by atoms with Crippen LogP contribution in [-0.4, -0.2) is 39.3 Å². The minimum atomic E-state index is -4.55. The lowest BCUT2D eigenvalue weighted by molar-refractivity contribution is -0.389. The normalized spacial score (nSPS) is 13.4. The molecule has 0 radical (unpaired) electrons. The fraction of sp³-hybridized carbons (Fsp3) is 0.316. The standard InChI is InChI=1S/C19H15F3N8O2S/c1-8-4-11(19(20,21)22)24-18-13(8)14-15(33-18)17-25-16(27-29(17)7-23-14)9(2)6-28-10(3)5-12(26-28)30(31)32/h4-5,7,9H,6H2,1-3H3. The highest BCUT2D eigenvalue weighted by Gasteiger charge is 2.34. The highest BCUT2D eigenvalue weighted by atomic mass is 32.1. The molecular formula is C19H15F3N8O2S. The summed E-state index contributed by atoms with van der Waals surface area (Å²) < 4.78 is 43.2. The topological polar surface area (TPSA) is 117 Å². The second-order valence-corrected chi connectivity index (χ2v) is 8.75. The van der Waals surface area contributed by atoms with Crippen molar-refractivity contribution in [3.63, 3.8) is 0 Å². The first kappa shape index (κ1) is 21.2. The number of rotatable bonds is 4. The Kier molecular flexibility index (Phi) is 4.60. The summed E-state index contributed by atoms with van der Waals surface area (Å²) in [6, 6.07) is 2.41. The number of alkyl halides is 3. The Labute approximate surface area is 186 Å². The van der Waals surface area contributed by atoms with Gasteiger partial charge in [0.2, 0.25) is 0 Å². The fourth-order valence-corrected chi connectivity index (χ4v) is 4.87. The summed E-state index contributed by atoms with van der Waals surface area (Å²) in [5, 5.41) is 20.0. The molecule has 0 fully saturated rings. The van der Waals surface area contributed by atoms with Gasteiger partial charge in [-0.2, -0.15) is 17.9 Å². The number of thiophene rings is 1. The van der Waals surface area contributed by atoms with Gasteiger partial charge in [0, 0.05) is 11.3 Å². The van der Waals surface area contributed by atoms with Crippen LogP contribution in [0.4, 0.5) is 19.0 Å². The first-order valence-corrected chi connectivity index (χ1v) is 10.6. The summed E-state index contributed by atoms with van der Waals surface area (Å²) in [4.78, 5) is 23.5. The third-order valence-corrected chi connectivity index (χ3v) is 6.38. The Morgan fingerprint density at radius 3 is 2.64 bits per heavy atom. The molecule has 0 N–H and O–H groups in total. The number of aryl methyl sites for hydroxylation is 2. The minimum Gasteiger partial charge on any atom is -0.358 e. The number of hydrogen-bond donors (Lipinski definition) is 0. The minimum absolute atomic E-state index is 0.231. The first-order valence-electron chi connectivity index (χ1n) is 9.74. The second kappa shape index (κ2) is 7.16. The molecular weight excluding hydrogens is 461 g/mol. The number of nitrogens with zero attached hydrogens (tertiary/aromatic N) is 8. The van der Waals surface area contributed by atoms with E-state index in [0.29, 0.717) is 44.9 Å². The lowest BCUT2D eigenvalue weighted by Gasteiger charge is -2.06. The number of hydrogen-bond acceptors (Lipinski definition) is 8. The predicted octanol–water partition coefficient (Wildman–Crippen LogP) is 4.43. The Hall–Kier alpha value is -3.68. The molecule has 0 saturated carbocycles. The molecule has 0 aromatic carbocycles. The van der Waals surface area contributed by atoms with E-state index in [-0.39, 0.29) is 16.6 Å². The van der Waals surface area contributed by atoms with Crippen molar-refractivity contribution in [1.82, 2.24) is 34.3 Å². The number of nitro groups is 1. The summed E-state index contributed by atoms with van der Waals surface area (Å²) in [7, 11) is 0. The van der Waals surface area contributed by atoms with Gasteiger partial charge in [-0.3, -0.25) is 0 Å². The average Bonchev–Trinajstić information content (AvgIpc) is 3.41. The molecule has 0 aliphatic carbocycles. The summed E-state index contributed by atoms with van der Waals surface area (Å²) in [6.07, 6.45) is -3.08. The van der Waals surface area contributed by atoms with Crippen LogP contribution in [-0.2, 0) is 12.7 Å². The lowest BCUT2D eigenvalue weighted by atomic mass is 10.1. The molecule has 0 bridgehead atoms. The van der Waals surface area contributed by atoms with Gasteiger partial charge in [-0.1, -0.05) is 6.92 Å². The van der Waals surface area contributed by atoms with E-state index < -0.39 is 16.8 Å². The summed E-state index contributed by atoms with van der Waals surface area (Å²) in [5.74, 6) is -0.0239. The molecule has 5 aromatic heterocycles. The molecule has 170 valence electrons. The Bertz CT molecular complexity index is 1570. The zero-order valence-electron chi connectivity index (χ0n) is 17.5. The summed E-state index contributed by atoms with van der Waals surface area (Å²) in [5.41, 5.74) is 1.09. The van der Waals surface area contributed by atoms with Crippen LogP contribution in [0.5, 0.6) is 0 Å². The summed E-state index contributed by atoms with van der Waals surface area (Å²) >= 11 is 1.08. The van der Waals surface area contributed by atoms with Gasteiger partial charge in [0.05, 0.1) is 28.9 Å². The highest BCUT2D eigenvalue weighted by molar-refractivity contribution is 7.26. The maximum Gasteiger partial charge on any atom is 0.433 e. The Morgan fingerprint density at radius 2 is 1.97 bits per heavy atom. The van der Waals surface area contributed by atoms with Crippen LogP contribution in [0.25, 0.3) is 26.1 Å². The van der Waals surface area contributed by atoms with Crippen LogP contribution in [0, 0.1) is 24.0 Å². The van der Waals surface area contributed by atoms with Crippen molar-refractivity contribution in [1.29, 1.82) is 0 Å². The van der Waals surface area contributed by atoms with Gasteiger partial charge in [0.1, 0.15) is 21.6 Å². The fourth-order valence-electron chi connectivity index (χ4n) is 3.69. The van der Waals surface area contributed by atoms with Gasteiger partial charge in [0.25, 0.3) is 0 Å². The van der Waals surface area contributed by atoms with Crippen molar-refractivity contribution >= 4 is 43.2 Å². The predicted molar refractivity (Wildman–Crippen MR) is 113 cm³/mol. The highest BCUT2D eigenvalue weighted by Crippen LogP contribution is 2.38. The van der Waals surface area contributed by atoms with Crippen LogP contribution >= 0.6 is 11.3 Å². The van der Waals surface area contributed by atoms with E-state index in [1.807, 2.05) is 6.92 Å². The smallest absolute Gasteiger partial charge is 0.358 e. The van der Waals surface area contributed by atoms with Crippen molar-refractivity contribution in [2.75, 3.05) is 0 Å². The van der Waals surface area contributed by atoms with E-state index in [2.05, 4.69) is 25.1 Å². The molecule has 33 heavy (non-hydrogen) atoms. The van der Waals surface area contributed by atoms with Crippen molar-refractivity contribution in [3.05, 3.63) is 51.4 Å². The van der Waals surface area contributed by atoms with Gasteiger partial charge in [-0.15, -0.1) is 16.4 Å². The molecule has 0 amide bonds. The second-order valence-electron chi connectivity index (χ2n) is 7.75. The van der Waals surface area contributed by atoms with Gasteiger partial charge in [0.15, 0.2) is 11.5 Å². The molecule has 0 aliphatic heterocycles.